The zero-order valence-electron chi connectivity index (χ0n) is 13.0. The van der Waals surface area contributed by atoms with Gasteiger partial charge in [-0.05, 0) is 37.5 Å². The molecular formula is C18H21NO2. The standard InChI is InChI=1S/C18H21NO2/c1-12-10-13(2)17(14(3)11-12)16-7-5-6-15(8-9-19-20)18(16)21-4/h5-7,9-11,20H,8H2,1-4H3/b19-9+. The van der Waals surface area contributed by atoms with E-state index in [9.17, 15) is 0 Å². The zero-order valence-corrected chi connectivity index (χ0v) is 13.0. The number of hydrogen-bond acceptors (Lipinski definition) is 3. The van der Waals surface area contributed by atoms with Crippen LogP contribution >= 0.6 is 0 Å². The zero-order chi connectivity index (χ0) is 15.4. The van der Waals surface area contributed by atoms with Crippen molar-refractivity contribution >= 4 is 6.21 Å². The van der Waals surface area contributed by atoms with E-state index in [0.717, 1.165) is 16.9 Å². The maximum absolute atomic E-state index is 8.62. The summed E-state index contributed by atoms with van der Waals surface area (Å²) in [5.74, 6) is 0.840. The molecule has 0 amide bonds. The molecule has 0 heterocycles. The van der Waals surface area contributed by atoms with Gasteiger partial charge in [-0.25, -0.2) is 0 Å². The Balaban J connectivity index is 2.64. The molecule has 0 saturated carbocycles. The molecule has 21 heavy (non-hydrogen) atoms. The van der Waals surface area contributed by atoms with Crippen LogP contribution in [-0.2, 0) is 6.42 Å². The number of para-hydroxylation sites is 1. The molecule has 110 valence electrons. The van der Waals surface area contributed by atoms with Gasteiger partial charge in [0.25, 0.3) is 0 Å². The first-order valence-electron chi connectivity index (χ1n) is 6.98. The van der Waals surface area contributed by atoms with E-state index in [2.05, 4.69) is 44.1 Å². The Morgan fingerprint density at radius 3 is 2.38 bits per heavy atom. The highest BCUT2D eigenvalue weighted by Crippen LogP contribution is 2.37. The average molecular weight is 283 g/mol. The smallest absolute Gasteiger partial charge is 0.130 e. The van der Waals surface area contributed by atoms with E-state index in [-0.39, 0.29) is 0 Å². The highest BCUT2D eigenvalue weighted by molar-refractivity contribution is 5.79. The van der Waals surface area contributed by atoms with Crippen LogP contribution in [-0.4, -0.2) is 18.5 Å². The summed E-state index contributed by atoms with van der Waals surface area (Å²) in [6.45, 7) is 6.35. The van der Waals surface area contributed by atoms with Crippen LogP contribution in [0.15, 0.2) is 35.5 Å². The molecule has 0 aliphatic heterocycles. The van der Waals surface area contributed by atoms with E-state index < -0.39 is 0 Å². The van der Waals surface area contributed by atoms with Crippen molar-refractivity contribution in [3.05, 3.63) is 52.6 Å². The predicted octanol–water partition coefficient (Wildman–Crippen LogP) is 4.29. The largest absolute Gasteiger partial charge is 0.496 e. The van der Waals surface area contributed by atoms with Gasteiger partial charge in [0.1, 0.15) is 5.75 Å². The Labute approximate surface area is 125 Å². The van der Waals surface area contributed by atoms with Gasteiger partial charge in [0.2, 0.25) is 0 Å². The van der Waals surface area contributed by atoms with Crippen LogP contribution in [0.4, 0.5) is 0 Å². The van der Waals surface area contributed by atoms with Crippen molar-refractivity contribution in [2.24, 2.45) is 5.16 Å². The van der Waals surface area contributed by atoms with Gasteiger partial charge in [-0.2, -0.15) is 0 Å². The fraction of sp³-hybridized carbons (Fsp3) is 0.278. The first-order chi connectivity index (χ1) is 10.1. The molecule has 0 aliphatic rings. The van der Waals surface area contributed by atoms with Crippen LogP contribution in [0.2, 0.25) is 0 Å². The Kier molecular flexibility index (Phi) is 4.63. The molecule has 0 saturated heterocycles. The monoisotopic (exact) mass is 283 g/mol. The normalized spacial score (nSPS) is 11.0. The van der Waals surface area contributed by atoms with Gasteiger partial charge in [0.05, 0.1) is 7.11 Å². The average Bonchev–Trinajstić information content (AvgIpc) is 2.44. The van der Waals surface area contributed by atoms with Gasteiger partial charge < -0.3 is 9.94 Å². The molecule has 3 nitrogen and oxygen atoms in total. The summed E-state index contributed by atoms with van der Waals surface area (Å²) in [5.41, 5.74) is 7.03. The minimum atomic E-state index is 0.539. The summed E-state index contributed by atoms with van der Waals surface area (Å²) in [5, 5.41) is 11.7. The molecule has 0 aliphatic carbocycles. The fourth-order valence-corrected chi connectivity index (χ4v) is 2.93. The number of ether oxygens (including phenoxy) is 1. The number of hydrogen-bond donors (Lipinski definition) is 1. The summed E-state index contributed by atoms with van der Waals surface area (Å²) in [4.78, 5) is 0. The topological polar surface area (TPSA) is 41.8 Å². The van der Waals surface area contributed by atoms with Crippen LogP contribution in [0.1, 0.15) is 22.3 Å². The molecule has 2 aromatic carbocycles. The predicted molar refractivity (Wildman–Crippen MR) is 86.6 cm³/mol. The van der Waals surface area contributed by atoms with Gasteiger partial charge in [-0.1, -0.05) is 35.9 Å². The lowest BCUT2D eigenvalue weighted by atomic mass is 9.91. The second-order valence-corrected chi connectivity index (χ2v) is 5.27. The van der Waals surface area contributed by atoms with Crippen molar-refractivity contribution < 1.29 is 9.94 Å². The minimum absolute atomic E-state index is 0.539. The lowest BCUT2D eigenvalue weighted by Gasteiger charge is -2.17. The molecule has 0 spiro atoms. The Hall–Kier alpha value is -2.29. The highest BCUT2D eigenvalue weighted by atomic mass is 16.5. The molecule has 0 aromatic heterocycles. The van der Waals surface area contributed by atoms with Gasteiger partial charge >= 0.3 is 0 Å². The van der Waals surface area contributed by atoms with E-state index in [1.54, 1.807) is 7.11 Å². The molecular weight excluding hydrogens is 262 g/mol. The number of rotatable bonds is 4. The van der Waals surface area contributed by atoms with Crippen molar-refractivity contribution in [2.75, 3.05) is 7.11 Å². The second-order valence-electron chi connectivity index (χ2n) is 5.27. The van der Waals surface area contributed by atoms with Gasteiger partial charge in [0.15, 0.2) is 0 Å². The highest BCUT2D eigenvalue weighted by Gasteiger charge is 2.14. The summed E-state index contributed by atoms with van der Waals surface area (Å²) in [6, 6.07) is 10.4. The van der Waals surface area contributed by atoms with Crippen molar-refractivity contribution in [1.82, 2.24) is 0 Å². The van der Waals surface area contributed by atoms with Gasteiger partial charge in [-0.15, -0.1) is 5.16 Å². The summed E-state index contributed by atoms with van der Waals surface area (Å²) in [7, 11) is 1.68. The minimum Gasteiger partial charge on any atom is -0.496 e. The van der Waals surface area contributed by atoms with Crippen molar-refractivity contribution in [3.63, 3.8) is 0 Å². The number of nitrogens with zero attached hydrogens (tertiary/aromatic N) is 1. The molecule has 0 unspecified atom stereocenters. The molecule has 2 aromatic rings. The summed E-state index contributed by atoms with van der Waals surface area (Å²) < 4.78 is 5.62. The molecule has 0 fully saturated rings. The SMILES string of the molecule is COc1c(C/C=N/O)cccc1-c1c(C)cc(C)cc1C. The Bertz CT molecular complexity index is 652. The Morgan fingerprint density at radius 2 is 1.81 bits per heavy atom. The van der Waals surface area contributed by atoms with Crippen molar-refractivity contribution in [2.45, 2.75) is 27.2 Å². The first-order valence-corrected chi connectivity index (χ1v) is 6.98. The molecule has 0 bridgehead atoms. The lowest BCUT2D eigenvalue weighted by Crippen LogP contribution is -1.98. The first kappa shape index (κ1) is 15.1. The Morgan fingerprint density at radius 1 is 1.14 bits per heavy atom. The number of methoxy groups -OCH3 is 1. The van der Waals surface area contributed by atoms with Crippen LogP contribution in [0, 0.1) is 20.8 Å². The maximum Gasteiger partial charge on any atom is 0.130 e. The van der Waals surface area contributed by atoms with Crippen LogP contribution in [0.5, 0.6) is 5.75 Å². The number of benzene rings is 2. The van der Waals surface area contributed by atoms with E-state index in [4.69, 9.17) is 9.94 Å². The second kappa shape index (κ2) is 6.44. The van der Waals surface area contributed by atoms with Crippen LogP contribution in [0.3, 0.4) is 0 Å². The number of oxime groups is 1. The van der Waals surface area contributed by atoms with Gasteiger partial charge in [0, 0.05) is 23.8 Å². The van der Waals surface area contributed by atoms with E-state index in [1.165, 1.54) is 28.5 Å². The quantitative estimate of drug-likeness (QED) is 0.516. The third-order valence-electron chi connectivity index (χ3n) is 3.64. The van der Waals surface area contributed by atoms with E-state index >= 15 is 0 Å². The van der Waals surface area contributed by atoms with Crippen molar-refractivity contribution in [1.29, 1.82) is 0 Å². The molecule has 3 heteroatoms. The summed E-state index contributed by atoms with van der Waals surface area (Å²) in [6.07, 6.45) is 2.01. The maximum atomic E-state index is 8.62. The van der Waals surface area contributed by atoms with Gasteiger partial charge in [-0.3, -0.25) is 0 Å². The fourth-order valence-electron chi connectivity index (χ4n) is 2.93. The molecule has 2 rings (SSSR count). The van der Waals surface area contributed by atoms with Crippen molar-refractivity contribution in [3.8, 4) is 16.9 Å². The van der Waals surface area contributed by atoms with E-state index in [0.29, 0.717) is 6.42 Å². The third kappa shape index (κ3) is 3.07. The lowest BCUT2D eigenvalue weighted by molar-refractivity contribution is 0.320. The molecule has 1 N–H and O–H groups in total. The van der Waals surface area contributed by atoms with Crippen LogP contribution < -0.4 is 4.74 Å². The van der Waals surface area contributed by atoms with E-state index in [1.807, 2.05) is 12.1 Å². The van der Waals surface area contributed by atoms with Crippen LogP contribution in [0.25, 0.3) is 11.1 Å². The third-order valence-corrected chi connectivity index (χ3v) is 3.64. The molecule has 0 atom stereocenters. The molecule has 0 radical (unpaired) electrons. The number of aryl methyl sites for hydroxylation is 3. The summed E-state index contributed by atoms with van der Waals surface area (Å²) >= 11 is 0.